The summed E-state index contributed by atoms with van der Waals surface area (Å²) in [6.45, 7) is 10.1. The smallest absolute Gasteiger partial charge is 0.237 e. The van der Waals surface area contributed by atoms with Crippen molar-refractivity contribution in [3.8, 4) is 0 Å². The molecule has 2 N–H and O–H groups in total. The second-order valence-electron chi connectivity index (χ2n) is 5.36. The van der Waals surface area contributed by atoms with Crippen LogP contribution in [0, 0.1) is 5.92 Å². The van der Waals surface area contributed by atoms with Gasteiger partial charge in [0.05, 0.1) is 18.8 Å². The van der Waals surface area contributed by atoms with Gasteiger partial charge in [-0.2, -0.15) is 0 Å². The Morgan fingerprint density at radius 2 is 2.17 bits per heavy atom. The number of ether oxygens (including phenoxy) is 1. The molecule has 0 aromatic carbocycles. The lowest BCUT2D eigenvalue weighted by Crippen LogP contribution is -2.54. The highest BCUT2D eigenvalue weighted by atomic mass is 16.5. The molecule has 1 fully saturated rings. The van der Waals surface area contributed by atoms with Crippen molar-refractivity contribution in [2.75, 3.05) is 39.8 Å². The molecule has 0 spiro atoms. The van der Waals surface area contributed by atoms with E-state index >= 15 is 0 Å². The van der Waals surface area contributed by atoms with Crippen molar-refractivity contribution >= 4 is 5.91 Å². The number of carbonyl (C=O) groups is 1. The molecule has 0 saturated carbocycles. The maximum atomic E-state index is 12.0. The van der Waals surface area contributed by atoms with E-state index in [2.05, 4.69) is 29.4 Å². The molecule has 0 radical (unpaired) electrons. The van der Waals surface area contributed by atoms with Gasteiger partial charge < -0.3 is 15.4 Å². The summed E-state index contributed by atoms with van der Waals surface area (Å²) in [5.74, 6) is 0.608. The number of nitrogens with zero attached hydrogens (tertiary/aromatic N) is 1. The number of morpholine rings is 1. The number of nitrogens with one attached hydrogen (secondary N) is 2. The Morgan fingerprint density at radius 1 is 1.44 bits per heavy atom. The van der Waals surface area contributed by atoms with Crippen LogP contribution in [0.5, 0.6) is 0 Å². The second kappa shape index (κ2) is 7.71. The summed E-state index contributed by atoms with van der Waals surface area (Å²) in [5, 5.41) is 6.10. The van der Waals surface area contributed by atoms with Crippen molar-refractivity contribution in [2.24, 2.45) is 5.92 Å². The summed E-state index contributed by atoms with van der Waals surface area (Å²) < 4.78 is 5.64. The molecule has 2 unspecified atom stereocenters. The Kier molecular flexibility index (Phi) is 6.60. The molecular formula is C13H27N3O2. The van der Waals surface area contributed by atoms with E-state index < -0.39 is 0 Å². The highest BCUT2D eigenvalue weighted by Crippen LogP contribution is 2.09. The van der Waals surface area contributed by atoms with Gasteiger partial charge in [-0.3, -0.25) is 9.69 Å². The molecule has 1 aliphatic heterocycles. The maximum Gasteiger partial charge on any atom is 0.237 e. The zero-order valence-electron chi connectivity index (χ0n) is 12.0. The largest absolute Gasteiger partial charge is 0.374 e. The molecule has 1 aliphatic rings. The lowest BCUT2D eigenvalue weighted by molar-refractivity contribution is -0.129. The molecular weight excluding hydrogens is 230 g/mol. The fourth-order valence-corrected chi connectivity index (χ4v) is 2.06. The monoisotopic (exact) mass is 257 g/mol. The first kappa shape index (κ1) is 15.4. The fraction of sp³-hybridized carbons (Fsp3) is 0.923. The van der Waals surface area contributed by atoms with Crippen LogP contribution >= 0.6 is 0 Å². The van der Waals surface area contributed by atoms with Crippen molar-refractivity contribution in [1.82, 2.24) is 15.5 Å². The Balaban J connectivity index is 2.39. The van der Waals surface area contributed by atoms with E-state index in [0.717, 1.165) is 26.2 Å². The molecule has 0 aromatic heterocycles. The molecule has 0 aromatic rings. The lowest BCUT2D eigenvalue weighted by atomic mass is 10.1. The number of hydrogen-bond acceptors (Lipinski definition) is 4. The summed E-state index contributed by atoms with van der Waals surface area (Å²) in [4.78, 5) is 14.2. The number of carbonyl (C=O) groups excluding carboxylic acids is 1. The fourth-order valence-electron chi connectivity index (χ4n) is 2.06. The van der Waals surface area contributed by atoms with Crippen molar-refractivity contribution in [3.05, 3.63) is 0 Å². The zero-order chi connectivity index (χ0) is 13.5. The van der Waals surface area contributed by atoms with Gasteiger partial charge in [0, 0.05) is 26.2 Å². The van der Waals surface area contributed by atoms with E-state index in [0.29, 0.717) is 12.5 Å². The van der Waals surface area contributed by atoms with E-state index in [1.165, 1.54) is 0 Å². The van der Waals surface area contributed by atoms with E-state index in [4.69, 9.17) is 4.74 Å². The lowest BCUT2D eigenvalue weighted by Gasteiger charge is -2.36. The summed E-state index contributed by atoms with van der Waals surface area (Å²) in [6, 6.07) is -0.0768. The molecule has 18 heavy (non-hydrogen) atoms. The minimum Gasteiger partial charge on any atom is -0.374 e. The first-order valence-electron chi connectivity index (χ1n) is 6.82. The van der Waals surface area contributed by atoms with Crippen LogP contribution in [0.4, 0.5) is 0 Å². The summed E-state index contributed by atoms with van der Waals surface area (Å²) in [7, 11) is 1.92. The van der Waals surface area contributed by atoms with Crippen LogP contribution in [0.15, 0.2) is 0 Å². The van der Waals surface area contributed by atoms with E-state index in [-0.39, 0.29) is 18.1 Å². The molecule has 1 amide bonds. The third kappa shape index (κ3) is 4.92. The molecule has 1 heterocycles. The SMILES string of the molecule is CNCC1CN(C(C)C(=O)NCC(C)C)CCO1. The van der Waals surface area contributed by atoms with Gasteiger partial charge in [-0.05, 0) is 19.9 Å². The third-order valence-corrected chi connectivity index (χ3v) is 3.21. The topological polar surface area (TPSA) is 53.6 Å². The predicted molar refractivity (Wildman–Crippen MR) is 72.5 cm³/mol. The van der Waals surface area contributed by atoms with Crippen LogP contribution < -0.4 is 10.6 Å². The standard InChI is InChI=1S/C13H27N3O2/c1-10(2)7-15-13(17)11(3)16-5-6-18-12(9-16)8-14-4/h10-12,14H,5-9H2,1-4H3,(H,15,17). The van der Waals surface area contributed by atoms with Crippen LogP contribution in [0.25, 0.3) is 0 Å². The van der Waals surface area contributed by atoms with Gasteiger partial charge in [0.2, 0.25) is 5.91 Å². The van der Waals surface area contributed by atoms with Gasteiger partial charge in [0.15, 0.2) is 0 Å². The first-order chi connectivity index (χ1) is 8.54. The Hall–Kier alpha value is -0.650. The van der Waals surface area contributed by atoms with Crippen molar-refractivity contribution in [3.63, 3.8) is 0 Å². The zero-order valence-corrected chi connectivity index (χ0v) is 12.0. The number of hydrogen-bond donors (Lipinski definition) is 2. The highest BCUT2D eigenvalue weighted by molar-refractivity contribution is 5.81. The molecule has 5 nitrogen and oxygen atoms in total. The van der Waals surface area contributed by atoms with Gasteiger partial charge in [-0.1, -0.05) is 13.8 Å². The van der Waals surface area contributed by atoms with E-state index in [1.807, 2.05) is 14.0 Å². The van der Waals surface area contributed by atoms with E-state index in [1.54, 1.807) is 0 Å². The molecule has 5 heteroatoms. The number of likely N-dealkylation sites (N-methyl/N-ethyl adjacent to an activating group) is 1. The van der Waals surface area contributed by atoms with Crippen LogP contribution in [0.2, 0.25) is 0 Å². The Labute approximate surface area is 110 Å². The van der Waals surface area contributed by atoms with Crippen molar-refractivity contribution < 1.29 is 9.53 Å². The van der Waals surface area contributed by atoms with Crippen LogP contribution in [0.3, 0.4) is 0 Å². The van der Waals surface area contributed by atoms with Gasteiger partial charge in [-0.25, -0.2) is 0 Å². The molecule has 0 aliphatic carbocycles. The summed E-state index contributed by atoms with van der Waals surface area (Å²) >= 11 is 0. The summed E-state index contributed by atoms with van der Waals surface area (Å²) in [6.07, 6.45) is 0.184. The molecule has 1 saturated heterocycles. The molecule has 2 atom stereocenters. The molecule has 106 valence electrons. The Bertz CT molecular complexity index is 257. The average Bonchev–Trinajstić information content (AvgIpc) is 2.35. The van der Waals surface area contributed by atoms with Gasteiger partial charge in [-0.15, -0.1) is 0 Å². The molecule has 1 rings (SSSR count). The molecule has 0 bridgehead atoms. The average molecular weight is 257 g/mol. The number of rotatable bonds is 6. The van der Waals surface area contributed by atoms with Crippen LogP contribution in [-0.4, -0.2) is 62.8 Å². The minimum absolute atomic E-state index is 0.0768. The third-order valence-electron chi connectivity index (χ3n) is 3.21. The highest BCUT2D eigenvalue weighted by Gasteiger charge is 2.27. The summed E-state index contributed by atoms with van der Waals surface area (Å²) in [5.41, 5.74) is 0. The van der Waals surface area contributed by atoms with Crippen LogP contribution in [-0.2, 0) is 9.53 Å². The normalized spacial score (nSPS) is 23.1. The van der Waals surface area contributed by atoms with Crippen molar-refractivity contribution in [1.29, 1.82) is 0 Å². The second-order valence-corrected chi connectivity index (χ2v) is 5.36. The van der Waals surface area contributed by atoms with Gasteiger partial charge in [0.1, 0.15) is 0 Å². The minimum atomic E-state index is -0.0768. The Morgan fingerprint density at radius 3 is 2.78 bits per heavy atom. The maximum absolute atomic E-state index is 12.0. The quantitative estimate of drug-likeness (QED) is 0.707. The van der Waals surface area contributed by atoms with E-state index in [9.17, 15) is 4.79 Å². The predicted octanol–water partition coefficient (Wildman–Crippen LogP) is 0.0673. The number of amides is 1. The van der Waals surface area contributed by atoms with Crippen LogP contribution in [0.1, 0.15) is 20.8 Å². The first-order valence-corrected chi connectivity index (χ1v) is 6.82. The van der Waals surface area contributed by atoms with Crippen molar-refractivity contribution in [2.45, 2.75) is 32.9 Å². The van der Waals surface area contributed by atoms with Gasteiger partial charge >= 0.3 is 0 Å². The van der Waals surface area contributed by atoms with Gasteiger partial charge in [0.25, 0.3) is 0 Å².